The normalized spacial score (nSPS) is 17.6. The molecule has 1 fully saturated rings. The lowest BCUT2D eigenvalue weighted by atomic mass is 9.88. The summed E-state index contributed by atoms with van der Waals surface area (Å²) in [4.78, 5) is 50.2. The first-order chi connectivity index (χ1) is 21.8. The first kappa shape index (κ1) is 30.0. The Kier molecular flexibility index (Phi) is 8.62. The highest BCUT2D eigenvalue weighted by Gasteiger charge is 2.25. The quantitative estimate of drug-likeness (QED) is 0.231. The zero-order valence-corrected chi connectivity index (χ0v) is 25.7. The van der Waals surface area contributed by atoms with Crippen LogP contribution >= 0.6 is 0 Å². The minimum Gasteiger partial charge on any atom is -0.328 e. The van der Waals surface area contributed by atoms with E-state index in [0.29, 0.717) is 22.3 Å². The van der Waals surface area contributed by atoms with Crippen LogP contribution in [-0.4, -0.2) is 43.4 Å². The van der Waals surface area contributed by atoms with Crippen LogP contribution in [0, 0.1) is 6.92 Å². The Morgan fingerprint density at radius 3 is 2.62 bits per heavy atom. The van der Waals surface area contributed by atoms with E-state index in [2.05, 4.69) is 75.3 Å². The van der Waals surface area contributed by atoms with Crippen molar-refractivity contribution in [3.05, 3.63) is 129 Å². The van der Waals surface area contributed by atoms with Crippen LogP contribution in [0.1, 0.15) is 60.7 Å². The molecule has 3 N–H and O–H groups in total. The van der Waals surface area contributed by atoms with Gasteiger partial charge in [-0.3, -0.25) is 19.1 Å². The zero-order valence-electron chi connectivity index (χ0n) is 25.7. The van der Waals surface area contributed by atoms with Gasteiger partial charge in [0.15, 0.2) is 0 Å². The van der Waals surface area contributed by atoms with Gasteiger partial charge in [0.1, 0.15) is 0 Å². The number of benzene rings is 1. The van der Waals surface area contributed by atoms with Gasteiger partial charge in [-0.05, 0) is 68.5 Å². The zero-order chi connectivity index (χ0) is 31.5. The molecule has 4 aromatic rings. The molecule has 3 aromatic heterocycles. The number of allylic oxidation sites excluding steroid dienone is 5. The highest BCUT2D eigenvalue weighted by atomic mass is 16.2. The van der Waals surface area contributed by atoms with E-state index in [0.717, 1.165) is 61.4 Å². The van der Waals surface area contributed by atoms with E-state index in [9.17, 15) is 14.4 Å². The second-order valence-electron chi connectivity index (χ2n) is 11.8. The summed E-state index contributed by atoms with van der Waals surface area (Å²) in [5, 5.41) is 3.33. The molecule has 6 rings (SSSR count). The molecule has 2 aliphatic rings. The average molecular weight is 603 g/mol. The van der Waals surface area contributed by atoms with Crippen molar-refractivity contribution in [2.45, 2.75) is 51.6 Å². The van der Waals surface area contributed by atoms with Gasteiger partial charge in [0.2, 0.25) is 5.91 Å². The summed E-state index contributed by atoms with van der Waals surface area (Å²) >= 11 is 0. The van der Waals surface area contributed by atoms with Gasteiger partial charge in [0.25, 0.3) is 5.56 Å². The van der Waals surface area contributed by atoms with E-state index >= 15 is 0 Å². The highest BCUT2D eigenvalue weighted by Crippen LogP contribution is 2.34. The van der Waals surface area contributed by atoms with Crippen LogP contribution in [0.2, 0.25) is 0 Å². The lowest BCUT2D eigenvalue weighted by Gasteiger charge is -2.32. The van der Waals surface area contributed by atoms with Crippen molar-refractivity contribution >= 4 is 22.9 Å². The number of pyridine rings is 2. The smallest absolute Gasteiger partial charge is 0.326 e. The molecule has 0 bridgehead atoms. The van der Waals surface area contributed by atoms with E-state index in [1.807, 2.05) is 23.6 Å². The molecular weight excluding hydrogens is 564 g/mol. The molecule has 0 unspecified atom stereocenters. The van der Waals surface area contributed by atoms with Crippen LogP contribution in [0.4, 0.5) is 0 Å². The number of nitrogens with zero attached hydrogens (tertiary/aromatic N) is 3. The van der Waals surface area contributed by atoms with Gasteiger partial charge >= 0.3 is 5.69 Å². The Balaban J connectivity index is 1.15. The molecule has 0 saturated carbocycles. The predicted molar refractivity (Wildman–Crippen MR) is 179 cm³/mol. The monoisotopic (exact) mass is 602 g/mol. The Bertz CT molecular complexity index is 1950. The standard InChI is InChI=1S/C36H38N6O3/c1-4-33(43)38-23(2)20-32-24(3)42(36(45)40-32)28-15-18-41(19-16-28)22-25-10-12-27(13-11-25)34-29(26-8-6-5-7-9-26)21-30-31(39-34)14-17-37-35(30)44/h4-8,10-14,17,20-21,26,28H,1,9,15-16,18-19,22H2,2-3H3,(H,37,44)(H,38,43)(H,40,45)/b23-20+/t26-/m1/s1. The minimum absolute atomic E-state index is 0.117. The van der Waals surface area contributed by atoms with E-state index in [4.69, 9.17) is 4.98 Å². The number of H-pyrrole nitrogens is 2. The number of imidazole rings is 1. The SMILES string of the molecule is C=CC(=O)N/C(C)=C/c1[nH]c(=O)n(C2CCN(Cc3ccc(-c4nc5cc[nH]c(=O)c5cc4[C@@H]4C=CC=CC4)cc3)CC2)c1C. The maximum absolute atomic E-state index is 12.9. The number of carbonyl (C=O) groups excluding carboxylic acids is 1. The van der Waals surface area contributed by atoms with Gasteiger partial charge in [-0.25, -0.2) is 9.78 Å². The summed E-state index contributed by atoms with van der Waals surface area (Å²) in [7, 11) is 0. The van der Waals surface area contributed by atoms with Gasteiger partial charge in [0, 0.05) is 54.7 Å². The lowest BCUT2D eigenvalue weighted by Crippen LogP contribution is -2.37. The summed E-state index contributed by atoms with van der Waals surface area (Å²) in [5.74, 6) is -0.125. The largest absolute Gasteiger partial charge is 0.328 e. The number of hydrogen-bond acceptors (Lipinski definition) is 5. The Morgan fingerprint density at radius 1 is 1.13 bits per heavy atom. The van der Waals surface area contributed by atoms with Gasteiger partial charge in [-0.15, -0.1) is 0 Å². The number of carbonyl (C=O) groups is 1. The molecule has 9 heteroatoms. The van der Waals surface area contributed by atoms with Crippen LogP contribution in [-0.2, 0) is 11.3 Å². The van der Waals surface area contributed by atoms with Gasteiger partial charge in [0.05, 0.1) is 22.3 Å². The maximum atomic E-state index is 12.9. The average Bonchev–Trinajstić information content (AvgIpc) is 3.33. The van der Waals surface area contributed by atoms with E-state index in [1.54, 1.807) is 19.2 Å². The van der Waals surface area contributed by atoms with E-state index in [-0.39, 0.29) is 29.1 Å². The summed E-state index contributed by atoms with van der Waals surface area (Å²) in [6, 6.07) is 12.6. The fourth-order valence-electron chi connectivity index (χ4n) is 6.44. The van der Waals surface area contributed by atoms with Crippen LogP contribution in [0.3, 0.4) is 0 Å². The second-order valence-corrected chi connectivity index (χ2v) is 11.8. The van der Waals surface area contributed by atoms with Crippen molar-refractivity contribution in [2.24, 2.45) is 0 Å². The number of nitrogens with one attached hydrogen (secondary N) is 3. The van der Waals surface area contributed by atoms with Crippen molar-refractivity contribution in [3.8, 4) is 11.3 Å². The van der Waals surface area contributed by atoms with Gasteiger partial charge in [-0.1, -0.05) is 55.1 Å². The molecule has 1 saturated heterocycles. The number of rotatable bonds is 8. The Hall–Kier alpha value is -5.02. The Morgan fingerprint density at radius 2 is 1.91 bits per heavy atom. The van der Waals surface area contributed by atoms with Gasteiger partial charge in [-0.2, -0.15) is 0 Å². The molecule has 4 heterocycles. The summed E-state index contributed by atoms with van der Waals surface area (Å²) in [6.45, 7) is 9.80. The molecule has 1 amide bonds. The predicted octanol–water partition coefficient (Wildman–Crippen LogP) is 5.49. The van der Waals surface area contributed by atoms with Crippen molar-refractivity contribution in [1.29, 1.82) is 0 Å². The molecular formula is C36H38N6O3. The topological polar surface area (TPSA) is 116 Å². The van der Waals surface area contributed by atoms with Crippen molar-refractivity contribution in [3.63, 3.8) is 0 Å². The van der Waals surface area contributed by atoms with Crippen LogP contribution in [0.15, 0.2) is 94.8 Å². The number of amides is 1. The summed E-state index contributed by atoms with van der Waals surface area (Å²) in [5.41, 5.74) is 6.87. The van der Waals surface area contributed by atoms with E-state index < -0.39 is 0 Å². The number of aromatic nitrogens is 4. The third kappa shape index (κ3) is 6.44. The first-order valence-electron chi connectivity index (χ1n) is 15.4. The lowest BCUT2D eigenvalue weighted by molar-refractivity contribution is -0.115. The molecule has 1 aromatic carbocycles. The molecule has 1 atom stereocenters. The van der Waals surface area contributed by atoms with Crippen LogP contribution < -0.4 is 16.6 Å². The van der Waals surface area contributed by atoms with Crippen LogP contribution in [0.25, 0.3) is 28.2 Å². The molecule has 9 nitrogen and oxygen atoms in total. The highest BCUT2D eigenvalue weighted by molar-refractivity contribution is 5.88. The maximum Gasteiger partial charge on any atom is 0.326 e. The van der Waals surface area contributed by atoms with Crippen molar-refractivity contribution in [2.75, 3.05) is 13.1 Å². The molecule has 230 valence electrons. The second kappa shape index (κ2) is 12.9. The number of aromatic amines is 2. The third-order valence-electron chi connectivity index (χ3n) is 8.80. The first-order valence-corrected chi connectivity index (χ1v) is 15.4. The number of piperidine rings is 1. The number of likely N-dealkylation sites (tertiary alicyclic amines) is 1. The van der Waals surface area contributed by atoms with Gasteiger partial charge < -0.3 is 15.3 Å². The van der Waals surface area contributed by atoms with Crippen molar-refractivity contribution < 1.29 is 4.79 Å². The molecule has 0 spiro atoms. The molecule has 0 radical (unpaired) electrons. The number of fused-ring (bicyclic) bond motifs is 1. The third-order valence-corrected chi connectivity index (χ3v) is 8.80. The van der Waals surface area contributed by atoms with E-state index in [1.165, 1.54) is 11.6 Å². The summed E-state index contributed by atoms with van der Waals surface area (Å²) < 4.78 is 1.86. The fourth-order valence-corrected chi connectivity index (χ4v) is 6.44. The summed E-state index contributed by atoms with van der Waals surface area (Å²) in [6.07, 6.45) is 15.7. The molecule has 1 aliphatic heterocycles. The van der Waals surface area contributed by atoms with Crippen LogP contribution in [0.5, 0.6) is 0 Å². The fraction of sp³-hybridized carbons (Fsp3) is 0.278. The van der Waals surface area contributed by atoms with Crippen molar-refractivity contribution in [1.82, 2.24) is 29.7 Å². The Labute approximate surface area is 261 Å². The molecule has 45 heavy (non-hydrogen) atoms. The minimum atomic E-state index is -0.285. The molecule has 1 aliphatic carbocycles. The number of hydrogen-bond donors (Lipinski definition) is 3.